The average molecular weight is 474 g/mol. The Bertz CT molecular complexity index is 1200. The number of anilines is 1. The van der Waals surface area contributed by atoms with Gasteiger partial charge in [0, 0.05) is 5.92 Å². The van der Waals surface area contributed by atoms with Crippen molar-refractivity contribution >= 4 is 23.8 Å². The van der Waals surface area contributed by atoms with Gasteiger partial charge in [-0.1, -0.05) is 74.4 Å². The summed E-state index contributed by atoms with van der Waals surface area (Å²) in [5.41, 5.74) is 4.49. The Morgan fingerprint density at radius 3 is 2.26 bits per heavy atom. The van der Waals surface area contributed by atoms with Gasteiger partial charge in [-0.3, -0.25) is 10.1 Å². The third-order valence-corrected chi connectivity index (χ3v) is 6.01. The van der Waals surface area contributed by atoms with E-state index in [4.69, 9.17) is 4.74 Å². The number of carboxylic acid groups (broad SMARTS) is 1. The van der Waals surface area contributed by atoms with Crippen LogP contribution in [0.1, 0.15) is 53.7 Å². The van der Waals surface area contributed by atoms with Gasteiger partial charge < -0.3 is 15.2 Å². The molecule has 180 valence electrons. The lowest BCUT2D eigenvalue weighted by atomic mass is 9.98. The molecular weight excluding hydrogens is 446 g/mol. The van der Waals surface area contributed by atoms with E-state index in [1.807, 2.05) is 43.3 Å². The van der Waals surface area contributed by atoms with E-state index >= 15 is 0 Å². The smallest absolute Gasteiger partial charge is 0.412 e. The number of hydrogen-bond donors (Lipinski definition) is 3. The Morgan fingerprint density at radius 1 is 0.971 bits per heavy atom. The summed E-state index contributed by atoms with van der Waals surface area (Å²) in [7, 11) is 0. The zero-order valence-corrected chi connectivity index (χ0v) is 19.4. The fraction of sp³-hybridized carbons (Fsp3) is 0.259. The van der Waals surface area contributed by atoms with Crippen LogP contribution in [0.5, 0.6) is 0 Å². The zero-order valence-electron chi connectivity index (χ0n) is 19.4. The summed E-state index contributed by atoms with van der Waals surface area (Å²) >= 11 is 0. The predicted molar refractivity (Wildman–Crippen MR) is 131 cm³/mol. The summed E-state index contributed by atoms with van der Waals surface area (Å²) in [6.45, 7) is 2.10. The first kappa shape index (κ1) is 23.9. The van der Waals surface area contributed by atoms with Crippen molar-refractivity contribution in [3.8, 4) is 11.1 Å². The summed E-state index contributed by atoms with van der Waals surface area (Å²) in [5.74, 6) is -1.66. The number of ether oxygens (including phenoxy) is 1. The Kier molecular flexibility index (Phi) is 7.40. The van der Waals surface area contributed by atoms with E-state index in [9.17, 15) is 19.5 Å². The Labute approximate surface area is 203 Å². The van der Waals surface area contributed by atoms with Crippen LogP contribution in [0, 0.1) is 0 Å². The molecule has 0 bridgehead atoms. The number of fused-ring (bicyclic) bond motifs is 3. The van der Waals surface area contributed by atoms with Gasteiger partial charge in [-0.25, -0.2) is 14.6 Å². The number of benzene rings is 2. The van der Waals surface area contributed by atoms with Crippen LogP contribution in [0.4, 0.5) is 10.6 Å². The van der Waals surface area contributed by atoms with Crippen molar-refractivity contribution in [1.29, 1.82) is 0 Å². The molecule has 1 aliphatic carbocycles. The Balaban J connectivity index is 1.38. The molecule has 1 aromatic heterocycles. The fourth-order valence-electron chi connectivity index (χ4n) is 4.27. The van der Waals surface area contributed by atoms with Gasteiger partial charge >= 0.3 is 12.1 Å². The Morgan fingerprint density at radius 2 is 1.63 bits per heavy atom. The molecule has 0 saturated heterocycles. The van der Waals surface area contributed by atoms with Gasteiger partial charge in [0.15, 0.2) is 0 Å². The molecule has 2 aromatic carbocycles. The van der Waals surface area contributed by atoms with Crippen molar-refractivity contribution in [2.45, 2.75) is 38.1 Å². The van der Waals surface area contributed by atoms with Crippen LogP contribution in [0.3, 0.4) is 0 Å². The number of pyridine rings is 1. The van der Waals surface area contributed by atoms with E-state index in [1.54, 1.807) is 6.07 Å². The minimum absolute atomic E-state index is 0.00389. The number of aromatic nitrogens is 1. The number of amides is 2. The third-order valence-electron chi connectivity index (χ3n) is 6.01. The number of unbranched alkanes of at least 4 members (excludes halogenated alkanes) is 1. The standard InChI is InChI=1S/C27H27N3O5/c1-2-3-13-23(26(32)33)29-25(31)22-14-8-15-24(28-22)30-27(34)35-16-21-19-11-6-4-9-17(19)18-10-5-7-12-20(18)21/h4-12,14-15,21,23H,2-3,13,16H2,1H3,(H,29,31)(H,32,33)(H,28,30,34)/t23-/m0/s1. The Hall–Kier alpha value is -4.20. The van der Waals surface area contributed by atoms with Crippen LogP contribution in [0.25, 0.3) is 11.1 Å². The lowest BCUT2D eigenvalue weighted by Gasteiger charge is -2.15. The normalized spacial score (nSPS) is 12.8. The average Bonchev–Trinajstić information content (AvgIpc) is 3.19. The zero-order chi connectivity index (χ0) is 24.8. The van der Waals surface area contributed by atoms with Gasteiger partial charge in [0.25, 0.3) is 5.91 Å². The maximum Gasteiger partial charge on any atom is 0.412 e. The molecular formula is C27H27N3O5. The van der Waals surface area contributed by atoms with Crippen LogP contribution in [0.2, 0.25) is 0 Å². The molecule has 0 radical (unpaired) electrons. The largest absolute Gasteiger partial charge is 0.480 e. The first-order valence-electron chi connectivity index (χ1n) is 11.6. The van der Waals surface area contributed by atoms with Crippen molar-refractivity contribution in [2.75, 3.05) is 11.9 Å². The van der Waals surface area contributed by atoms with E-state index < -0.39 is 24.0 Å². The van der Waals surface area contributed by atoms with Gasteiger partial charge in [-0.15, -0.1) is 0 Å². The highest BCUT2D eigenvalue weighted by atomic mass is 16.5. The maximum atomic E-state index is 12.5. The molecule has 0 unspecified atom stereocenters. The van der Waals surface area contributed by atoms with Crippen LogP contribution in [-0.2, 0) is 9.53 Å². The fourth-order valence-corrected chi connectivity index (χ4v) is 4.27. The molecule has 0 spiro atoms. The summed E-state index contributed by atoms with van der Waals surface area (Å²) in [6, 6.07) is 19.7. The molecule has 2 amide bonds. The van der Waals surface area contributed by atoms with Gasteiger partial charge in [-0.2, -0.15) is 0 Å². The molecule has 1 atom stereocenters. The molecule has 1 aliphatic rings. The maximum absolute atomic E-state index is 12.5. The lowest BCUT2D eigenvalue weighted by Crippen LogP contribution is -2.41. The number of carboxylic acids is 1. The topological polar surface area (TPSA) is 118 Å². The monoisotopic (exact) mass is 473 g/mol. The molecule has 0 saturated carbocycles. The first-order valence-corrected chi connectivity index (χ1v) is 11.6. The number of hydrogen-bond acceptors (Lipinski definition) is 5. The van der Waals surface area contributed by atoms with Gasteiger partial charge in [-0.05, 0) is 40.8 Å². The molecule has 3 aromatic rings. The molecule has 0 fully saturated rings. The van der Waals surface area contributed by atoms with Crippen molar-refractivity contribution in [2.24, 2.45) is 0 Å². The van der Waals surface area contributed by atoms with Crippen molar-refractivity contribution in [1.82, 2.24) is 10.3 Å². The van der Waals surface area contributed by atoms with Crippen LogP contribution in [0.15, 0.2) is 66.7 Å². The number of carbonyl (C=O) groups excluding carboxylic acids is 2. The molecule has 8 heteroatoms. The predicted octanol–water partition coefficient (Wildman–Crippen LogP) is 4.82. The number of aliphatic carboxylic acids is 1. The van der Waals surface area contributed by atoms with Gasteiger partial charge in [0.1, 0.15) is 24.2 Å². The molecule has 35 heavy (non-hydrogen) atoms. The molecule has 3 N–H and O–H groups in total. The van der Waals surface area contributed by atoms with E-state index in [2.05, 4.69) is 27.8 Å². The first-order chi connectivity index (χ1) is 17.0. The van der Waals surface area contributed by atoms with E-state index in [-0.39, 0.29) is 24.0 Å². The van der Waals surface area contributed by atoms with Crippen molar-refractivity contribution in [3.63, 3.8) is 0 Å². The van der Waals surface area contributed by atoms with Crippen LogP contribution >= 0.6 is 0 Å². The highest BCUT2D eigenvalue weighted by Gasteiger charge is 2.29. The molecule has 0 aliphatic heterocycles. The van der Waals surface area contributed by atoms with E-state index in [1.165, 1.54) is 12.1 Å². The number of nitrogens with zero attached hydrogens (tertiary/aromatic N) is 1. The second kappa shape index (κ2) is 10.8. The van der Waals surface area contributed by atoms with Crippen molar-refractivity contribution in [3.05, 3.63) is 83.6 Å². The SMILES string of the molecule is CCCC[C@H](NC(=O)c1cccc(NC(=O)OCC2c3ccccc3-c3ccccc32)n1)C(=O)O. The lowest BCUT2D eigenvalue weighted by molar-refractivity contribution is -0.139. The third kappa shape index (κ3) is 5.48. The minimum atomic E-state index is -1.10. The minimum Gasteiger partial charge on any atom is -0.480 e. The van der Waals surface area contributed by atoms with E-state index in [0.29, 0.717) is 12.8 Å². The number of carbonyl (C=O) groups is 3. The van der Waals surface area contributed by atoms with Gasteiger partial charge in [0.2, 0.25) is 0 Å². The summed E-state index contributed by atoms with van der Waals surface area (Å²) in [4.78, 5) is 40.6. The second-order valence-corrected chi connectivity index (χ2v) is 8.37. The van der Waals surface area contributed by atoms with Crippen LogP contribution < -0.4 is 10.6 Å². The molecule has 8 nitrogen and oxygen atoms in total. The van der Waals surface area contributed by atoms with E-state index in [0.717, 1.165) is 28.7 Å². The number of rotatable bonds is 9. The van der Waals surface area contributed by atoms with Gasteiger partial charge in [0.05, 0.1) is 0 Å². The highest BCUT2D eigenvalue weighted by molar-refractivity contribution is 5.95. The number of nitrogens with one attached hydrogen (secondary N) is 2. The van der Waals surface area contributed by atoms with Crippen molar-refractivity contribution < 1.29 is 24.2 Å². The summed E-state index contributed by atoms with van der Waals surface area (Å²) in [6.07, 6.45) is 1.13. The molecule has 4 rings (SSSR count). The quantitative estimate of drug-likeness (QED) is 0.410. The highest BCUT2D eigenvalue weighted by Crippen LogP contribution is 2.44. The van der Waals surface area contributed by atoms with Crippen LogP contribution in [-0.4, -0.2) is 40.7 Å². The second-order valence-electron chi connectivity index (χ2n) is 8.37. The molecule has 1 heterocycles. The summed E-state index contributed by atoms with van der Waals surface area (Å²) in [5, 5.41) is 14.4. The summed E-state index contributed by atoms with van der Waals surface area (Å²) < 4.78 is 5.52.